The van der Waals surface area contributed by atoms with Gasteiger partial charge in [-0.1, -0.05) is 22.9 Å². The van der Waals surface area contributed by atoms with E-state index in [2.05, 4.69) is 43.4 Å². The van der Waals surface area contributed by atoms with E-state index >= 15 is 0 Å². The number of nitrogens with zero attached hydrogens (tertiary/aromatic N) is 2. The third-order valence-electron chi connectivity index (χ3n) is 3.91. The number of nitrogens with one attached hydrogen (secondary N) is 2. The van der Waals surface area contributed by atoms with Crippen molar-refractivity contribution in [3.05, 3.63) is 34.3 Å². The summed E-state index contributed by atoms with van der Waals surface area (Å²) in [5.41, 5.74) is 0.668. The van der Waals surface area contributed by atoms with E-state index in [-0.39, 0.29) is 5.91 Å². The highest BCUT2D eigenvalue weighted by Crippen LogP contribution is 2.20. The van der Waals surface area contributed by atoms with Crippen molar-refractivity contribution < 1.29 is 4.79 Å². The van der Waals surface area contributed by atoms with Crippen molar-refractivity contribution in [2.24, 2.45) is 4.99 Å². The molecule has 1 aliphatic rings. The van der Waals surface area contributed by atoms with Crippen molar-refractivity contribution in [3.8, 4) is 0 Å². The van der Waals surface area contributed by atoms with Crippen LogP contribution in [0.1, 0.15) is 23.7 Å². The number of aliphatic imine (C=N–C) groups is 1. The first-order valence-corrected chi connectivity index (χ1v) is 10.1. The lowest BCUT2D eigenvalue weighted by Crippen LogP contribution is -2.49. The second-order valence-electron chi connectivity index (χ2n) is 5.58. The van der Waals surface area contributed by atoms with E-state index < -0.39 is 0 Å². The molecule has 1 saturated heterocycles. The zero-order chi connectivity index (χ0) is 17.4. The van der Waals surface area contributed by atoms with E-state index in [1.165, 1.54) is 6.42 Å². The molecule has 1 heterocycles. The largest absolute Gasteiger partial charge is 0.354 e. The lowest BCUT2D eigenvalue weighted by Gasteiger charge is -2.34. The van der Waals surface area contributed by atoms with Crippen LogP contribution in [-0.4, -0.2) is 61.0 Å². The Hall–Kier alpha value is -1.21. The average Bonchev–Trinajstić information content (AvgIpc) is 2.62. The van der Waals surface area contributed by atoms with Crippen molar-refractivity contribution in [2.75, 3.05) is 39.0 Å². The maximum atomic E-state index is 12.1. The molecule has 0 aliphatic carbocycles. The van der Waals surface area contributed by atoms with Crippen LogP contribution in [0.5, 0.6) is 0 Å². The van der Waals surface area contributed by atoms with Gasteiger partial charge in [-0.2, -0.15) is 11.8 Å². The third-order valence-corrected chi connectivity index (χ3v) is 5.81. The number of amides is 1. The molecule has 1 aromatic carbocycles. The number of halogens is 1. The van der Waals surface area contributed by atoms with Gasteiger partial charge < -0.3 is 15.5 Å². The minimum atomic E-state index is -0.0558. The molecule has 1 amide bonds. The van der Waals surface area contributed by atoms with Crippen LogP contribution in [0.25, 0.3) is 0 Å². The van der Waals surface area contributed by atoms with Crippen LogP contribution in [0, 0.1) is 0 Å². The van der Waals surface area contributed by atoms with Gasteiger partial charge in [0, 0.05) is 54.3 Å². The standard InChI is InChI=1S/C17H25BrN4OS/c1-3-15-12-22(10-11-24-15)17(19-2)21-9-8-20-16(23)13-4-6-14(18)7-5-13/h4-7,15H,3,8-12H2,1-2H3,(H,19,21)(H,20,23). The molecule has 0 spiro atoms. The SMILES string of the molecule is CCC1CN(C(=NC)NCCNC(=O)c2ccc(Br)cc2)CCS1. The molecular formula is C17H25BrN4OS. The quantitative estimate of drug-likeness (QED) is 0.443. The van der Waals surface area contributed by atoms with E-state index in [4.69, 9.17) is 0 Å². The highest BCUT2D eigenvalue weighted by molar-refractivity contribution is 9.10. The maximum absolute atomic E-state index is 12.1. The molecule has 2 rings (SSSR count). The van der Waals surface area contributed by atoms with Crippen molar-refractivity contribution >= 4 is 39.6 Å². The summed E-state index contributed by atoms with van der Waals surface area (Å²) in [5.74, 6) is 2.01. The monoisotopic (exact) mass is 412 g/mol. The predicted molar refractivity (Wildman–Crippen MR) is 106 cm³/mol. The van der Waals surface area contributed by atoms with Gasteiger partial charge in [-0.3, -0.25) is 9.79 Å². The maximum Gasteiger partial charge on any atom is 0.251 e. The van der Waals surface area contributed by atoms with Gasteiger partial charge >= 0.3 is 0 Å². The van der Waals surface area contributed by atoms with E-state index in [0.717, 1.165) is 29.3 Å². The Balaban J connectivity index is 1.74. The highest BCUT2D eigenvalue weighted by Gasteiger charge is 2.21. The fourth-order valence-corrected chi connectivity index (χ4v) is 3.99. The summed E-state index contributed by atoms with van der Waals surface area (Å²) in [6.45, 7) is 5.51. The molecule has 24 heavy (non-hydrogen) atoms. The van der Waals surface area contributed by atoms with Gasteiger partial charge in [-0.15, -0.1) is 0 Å². The number of carbonyl (C=O) groups excluding carboxylic acids is 1. The molecule has 1 atom stereocenters. The first-order valence-electron chi connectivity index (χ1n) is 8.25. The van der Waals surface area contributed by atoms with Crippen LogP contribution in [0.2, 0.25) is 0 Å². The van der Waals surface area contributed by atoms with E-state index in [0.29, 0.717) is 23.9 Å². The number of hydrogen-bond acceptors (Lipinski definition) is 3. The molecule has 1 unspecified atom stereocenters. The molecule has 0 aromatic heterocycles. The van der Waals surface area contributed by atoms with E-state index in [9.17, 15) is 4.79 Å². The summed E-state index contributed by atoms with van der Waals surface area (Å²) in [6.07, 6.45) is 1.18. The lowest BCUT2D eigenvalue weighted by atomic mass is 10.2. The number of hydrogen-bond donors (Lipinski definition) is 2. The Bertz CT molecular complexity index is 564. The van der Waals surface area contributed by atoms with Gasteiger partial charge in [0.05, 0.1) is 0 Å². The smallest absolute Gasteiger partial charge is 0.251 e. The van der Waals surface area contributed by atoms with Crippen LogP contribution in [0.15, 0.2) is 33.7 Å². The fourth-order valence-electron chi connectivity index (χ4n) is 2.54. The number of benzene rings is 1. The summed E-state index contributed by atoms with van der Waals surface area (Å²) in [5, 5.41) is 6.95. The highest BCUT2D eigenvalue weighted by atomic mass is 79.9. The molecular weight excluding hydrogens is 388 g/mol. The molecule has 2 N–H and O–H groups in total. The van der Waals surface area contributed by atoms with Crippen LogP contribution >= 0.6 is 27.7 Å². The summed E-state index contributed by atoms with van der Waals surface area (Å²) in [4.78, 5) is 18.7. The Morgan fingerprint density at radius 1 is 1.33 bits per heavy atom. The molecule has 1 aliphatic heterocycles. The first-order chi connectivity index (χ1) is 11.6. The Morgan fingerprint density at radius 3 is 2.71 bits per heavy atom. The minimum Gasteiger partial charge on any atom is -0.354 e. The van der Waals surface area contributed by atoms with Crippen molar-refractivity contribution in [2.45, 2.75) is 18.6 Å². The Morgan fingerprint density at radius 2 is 2.04 bits per heavy atom. The zero-order valence-corrected chi connectivity index (χ0v) is 16.6. The molecule has 5 nitrogen and oxygen atoms in total. The average molecular weight is 413 g/mol. The van der Waals surface area contributed by atoms with Crippen LogP contribution in [-0.2, 0) is 0 Å². The molecule has 1 aromatic rings. The van der Waals surface area contributed by atoms with Gasteiger partial charge in [-0.05, 0) is 30.7 Å². The molecule has 0 bridgehead atoms. The normalized spacial score (nSPS) is 18.4. The van der Waals surface area contributed by atoms with E-state index in [1.54, 1.807) is 0 Å². The summed E-state index contributed by atoms with van der Waals surface area (Å²) in [6, 6.07) is 7.35. The number of guanidine groups is 1. The molecule has 0 saturated carbocycles. The topological polar surface area (TPSA) is 56.7 Å². The summed E-state index contributed by atoms with van der Waals surface area (Å²) >= 11 is 5.41. The van der Waals surface area contributed by atoms with Crippen LogP contribution in [0.4, 0.5) is 0 Å². The van der Waals surface area contributed by atoms with Crippen molar-refractivity contribution in [1.82, 2.24) is 15.5 Å². The van der Waals surface area contributed by atoms with Crippen molar-refractivity contribution in [3.63, 3.8) is 0 Å². The number of carbonyl (C=O) groups is 1. The van der Waals surface area contributed by atoms with Crippen LogP contribution in [0.3, 0.4) is 0 Å². The second kappa shape index (κ2) is 9.93. The first kappa shape index (κ1) is 19.1. The third kappa shape index (κ3) is 5.70. The Kier molecular flexibility index (Phi) is 7.91. The van der Waals surface area contributed by atoms with Gasteiger partial charge in [0.25, 0.3) is 5.91 Å². The number of rotatable bonds is 5. The van der Waals surface area contributed by atoms with Crippen molar-refractivity contribution in [1.29, 1.82) is 0 Å². The lowest BCUT2D eigenvalue weighted by molar-refractivity contribution is 0.0954. The van der Waals surface area contributed by atoms with Crippen LogP contribution < -0.4 is 10.6 Å². The van der Waals surface area contributed by atoms with Gasteiger partial charge in [0.15, 0.2) is 5.96 Å². The second-order valence-corrected chi connectivity index (χ2v) is 7.91. The molecule has 0 radical (unpaired) electrons. The predicted octanol–water partition coefficient (Wildman–Crippen LogP) is 2.58. The molecule has 1 fully saturated rings. The molecule has 132 valence electrons. The van der Waals surface area contributed by atoms with Gasteiger partial charge in [0.1, 0.15) is 0 Å². The zero-order valence-electron chi connectivity index (χ0n) is 14.2. The fraction of sp³-hybridized carbons (Fsp3) is 0.529. The minimum absolute atomic E-state index is 0.0558. The molecule has 7 heteroatoms. The number of thioether (sulfide) groups is 1. The van der Waals surface area contributed by atoms with Gasteiger partial charge in [-0.25, -0.2) is 0 Å². The summed E-state index contributed by atoms with van der Waals surface area (Å²) < 4.78 is 0.967. The van der Waals surface area contributed by atoms with E-state index in [1.807, 2.05) is 43.1 Å². The Labute approximate surface area is 156 Å². The van der Waals surface area contributed by atoms with Gasteiger partial charge in [0.2, 0.25) is 0 Å². The summed E-state index contributed by atoms with van der Waals surface area (Å²) in [7, 11) is 1.81.